The van der Waals surface area contributed by atoms with Crippen LogP contribution >= 0.6 is 0 Å². The molecule has 0 radical (unpaired) electrons. The quantitative estimate of drug-likeness (QED) is 0.770. The van der Waals surface area contributed by atoms with Gasteiger partial charge in [0, 0.05) is 38.6 Å². The number of amides is 3. The van der Waals surface area contributed by atoms with Crippen LogP contribution in [0.4, 0.5) is 4.79 Å². The largest absolute Gasteiger partial charge is 0.480 e. The smallest absolute Gasteiger partial charge is 0.323 e. The van der Waals surface area contributed by atoms with Crippen molar-refractivity contribution < 1.29 is 19.5 Å². The molecule has 7 nitrogen and oxygen atoms in total. The second kappa shape index (κ2) is 5.46. The fourth-order valence-electron chi connectivity index (χ4n) is 2.72. The van der Waals surface area contributed by atoms with Gasteiger partial charge in [-0.25, -0.2) is 4.79 Å². The molecule has 106 valence electrons. The first-order chi connectivity index (χ1) is 9.02. The van der Waals surface area contributed by atoms with E-state index in [1.165, 1.54) is 4.90 Å². The van der Waals surface area contributed by atoms with Crippen LogP contribution in [0.2, 0.25) is 0 Å². The van der Waals surface area contributed by atoms with Gasteiger partial charge in [-0.05, 0) is 13.3 Å². The molecular weight excluding hydrogens is 250 g/mol. The van der Waals surface area contributed by atoms with Crippen molar-refractivity contribution in [2.75, 3.05) is 32.7 Å². The number of carbonyl (C=O) groups excluding carboxylic acids is 2. The lowest BCUT2D eigenvalue weighted by Crippen LogP contribution is -2.56. The molecule has 0 spiro atoms. The molecule has 2 aliphatic rings. The van der Waals surface area contributed by atoms with Crippen LogP contribution < -0.4 is 0 Å². The molecule has 0 aromatic carbocycles. The van der Waals surface area contributed by atoms with Crippen LogP contribution in [0.1, 0.15) is 19.8 Å². The number of piperazine rings is 1. The summed E-state index contributed by atoms with van der Waals surface area (Å²) in [5.41, 5.74) is 0. The van der Waals surface area contributed by atoms with Crippen molar-refractivity contribution in [1.29, 1.82) is 0 Å². The van der Waals surface area contributed by atoms with E-state index < -0.39 is 5.97 Å². The van der Waals surface area contributed by atoms with Crippen LogP contribution in [0.3, 0.4) is 0 Å². The lowest BCUT2D eigenvalue weighted by atomic mass is 10.1. The zero-order valence-corrected chi connectivity index (χ0v) is 11.0. The molecule has 19 heavy (non-hydrogen) atoms. The summed E-state index contributed by atoms with van der Waals surface area (Å²) in [6.45, 7) is 3.40. The summed E-state index contributed by atoms with van der Waals surface area (Å²) in [7, 11) is 0. The predicted octanol–water partition coefficient (Wildman–Crippen LogP) is -0.180. The first kappa shape index (κ1) is 13.6. The van der Waals surface area contributed by atoms with Gasteiger partial charge in [-0.1, -0.05) is 0 Å². The molecule has 2 rings (SSSR count). The van der Waals surface area contributed by atoms with Crippen LogP contribution in [0, 0.1) is 0 Å². The molecule has 2 fully saturated rings. The minimum absolute atomic E-state index is 0.105. The average Bonchev–Trinajstić information content (AvgIpc) is 2.76. The molecule has 1 N–H and O–H groups in total. The maximum atomic E-state index is 12.2. The number of nitrogens with zero attached hydrogens (tertiary/aromatic N) is 3. The minimum Gasteiger partial charge on any atom is -0.480 e. The molecule has 0 aromatic heterocycles. The Balaban J connectivity index is 1.97. The highest BCUT2D eigenvalue weighted by molar-refractivity contribution is 5.82. The maximum absolute atomic E-state index is 12.2. The number of fused-ring (bicyclic) bond motifs is 1. The minimum atomic E-state index is -1.01. The number of hydrogen-bond acceptors (Lipinski definition) is 3. The van der Waals surface area contributed by atoms with Crippen LogP contribution in [-0.4, -0.2) is 76.5 Å². The maximum Gasteiger partial charge on any atom is 0.323 e. The van der Waals surface area contributed by atoms with Gasteiger partial charge in [0.2, 0.25) is 5.91 Å². The van der Waals surface area contributed by atoms with Crippen molar-refractivity contribution in [3.05, 3.63) is 0 Å². The zero-order chi connectivity index (χ0) is 14.0. The Labute approximate surface area is 111 Å². The summed E-state index contributed by atoms with van der Waals surface area (Å²) < 4.78 is 0. The van der Waals surface area contributed by atoms with E-state index in [1.807, 2.05) is 4.90 Å². The normalized spacial score (nSPS) is 22.4. The number of likely N-dealkylation sites (N-methyl/N-ethyl adjacent to an activating group) is 1. The molecule has 0 aliphatic carbocycles. The topological polar surface area (TPSA) is 81.2 Å². The summed E-state index contributed by atoms with van der Waals surface area (Å²) >= 11 is 0. The number of aliphatic carboxylic acids is 1. The van der Waals surface area contributed by atoms with Crippen molar-refractivity contribution in [1.82, 2.24) is 14.7 Å². The average molecular weight is 269 g/mol. The number of urea groups is 1. The molecule has 3 amide bonds. The van der Waals surface area contributed by atoms with Gasteiger partial charge < -0.3 is 19.8 Å². The van der Waals surface area contributed by atoms with Gasteiger partial charge in [-0.2, -0.15) is 0 Å². The van der Waals surface area contributed by atoms with E-state index in [2.05, 4.69) is 0 Å². The second-order valence-corrected chi connectivity index (χ2v) is 4.92. The number of carboxylic acid groups (broad SMARTS) is 1. The van der Waals surface area contributed by atoms with Crippen LogP contribution in [-0.2, 0) is 9.59 Å². The number of carbonyl (C=O) groups is 3. The molecule has 0 saturated carbocycles. The van der Waals surface area contributed by atoms with E-state index in [9.17, 15) is 14.4 Å². The first-order valence-corrected chi connectivity index (χ1v) is 6.58. The van der Waals surface area contributed by atoms with E-state index >= 15 is 0 Å². The Morgan fingerprint density at radius 1 is 1.42 bits per heavy atom. The highest BCUT2D eigenvalue weighted by Gasteiger charge is 2.37. The molecule has 2 saturated heterocycles. The Hall–Kier alpha value is -1.79. The van der Waals surface area contributed by atoms with E-state index in [-0.39, 0.29) is 24.5 Å². The fourth-order valence-corrected chi connectivity index (χ4v) is 2.72. The van der Waals surface area contributed by atoms with Crippen molar-refractivity contribution in [3.8, 4) is 0 Å². The third-order valence-electron chi connectivity index (χ3n) is 3.74. The Bertz CT molecular complexity index is 398. The van der Waals surface area contributed by atoms with E-state index in [4.69, 9.17) is 5.11 Å². The highest BCUT2D eigenvalue weighted by atomic mass is 16.4. The predicted molar refractivity (Wildman–Crippen MR) is 66.6 cm³/mol. The third kappa shape index (κ3) is 2.80. The van der Waals surface area contributed by atoms with Gasteiger partial charge in [0.05, 0.1) is 0 Å². The van der Waals surface area contributed by atoms with Gasteiger partial charge in [0.15, 0.2) is 0 Å². The molecular formula is C12H19N3O4. The summed E-state index contributed by atoms with van der Waals surface area (Å²) in [4.78, 5) is 39.3. The summed E-state index contributed by atoms with van der Waals surface area (Å²) in [6.07, 6.45) is 1.34. The highest BCUT2D eigenvalue weighted by Crippen LogP contribution is 2.23. The second-order valence-electron chi connectivity index (χ2n) is 4.92. The van der Waals surface area contributed by atoms with Crippen molar-refractivity contribution >= 4 is 17.9 Å². The third-order valence-corrected chi connectivity index (χ3v) is 3.74. The summed E-state index contributed by atoms with van der Waals surface area (Å²) in [6, 6.07) is -0.141. The zero-order valence-electron chi connectivity index (χ0n) is 11.0. The Morgan fingerprint density at radius 3 is 2.79 bits per heavy atom. The van der Waals surface area contributed by atoms with Crippen molar-refractivity contribution in [3.63, 3.8) is 0 Å². The SMILES string of the molecule is CCN(CC(=O)O)C(=O)N1CCN2C(=O)CCC2C1. The van der Waals surface area contributed by atoms with Crippen molar-refractivity contribution in [2.24, 2.45) is 0 Å². The molecule has 7 heteroatoms. The van der Waals surface area contributed by atoms with Crippen LogP contribution in [0.25, 0.3) is 0 Å². The lowest BCUT2D eigenvalue weighted by molar-refractivity contribution is -0.137. The van der Waals surface area contributed by atoms with Gasteiger partial charge in [-0.15, -0.1) is 0 Å². The number of hydrogen-bond donors (Lipinski definition) is 1. The standard InChI is InChI=1S/C12H19N3O4/c1-2-13(8-11(17)18)12(19)14-5-6-15-9(7-14)3-4-10(15)16/h9H,2-8H2,1H3,(H,17,18). The molecule has 1 atom stereocenters. The molecule has 2 heterocycles. The van der Waals surface area contributed by atoms with Crippen LogP contribution in [0.15, 0.2) is 0 Å². The summed E-state index contributed by atoms with van der Waals surface area (Å²) in [5, 5.41) is 8.78. The molecule has 0 bridgehead atoms. The van der Waals surface area contributed by atoms with Crippen molar-refractivity contribution in [2.45, 2.75) is 25.8 Å². The Kier molecular flexibility index (Phi) is 3.92. The van der Waals surface area contributed by atoms with Gasteiger partial charge in [0.1, 0.15) is 6.54 Å². The van der Waals surface area contributed by atoms with E-state index in [0.29, 0.717) is 32.6 Å². The number of rotatable bonds is 3. The fraction of sp³-hybridized carbons (Fsp3) is 0.750. The van der Waals surface area contributed by atoms with Crippen LogP contribution in [0.5, 0.6) is 0 Å². The van der Waals surface area contributed by atoms with E-state index in [0.717, 1.165) is 6.42 Å². The lowest BCUT2D eigenvalue weighted by Gasteiger charge is -2.39. The monoisotopic (exact) mass is 269 g/mol. The molecule has 2 aliphatic heterocycles. The first-order valence-electron chi connectivity index (χ1n) is 6.58. The molecule has 1 unspecified atom stereocenters. The number of carboxylic acids is 1. The molecule has 0 aromatic rings. The Morgan fingerprint density at radius 2 is 2.16 bits per heavy atom. The van der Waals surface area contributed by atoms with Gasteiger partial charge >= 0.3 is 12.0 Å². The van der Waals surface area contributed by atoms with E-state index in [1.54, 1.807) is 11.8 Å². The summed E-state index contributed by atoms with van der Waals surface area (Å²) in [5.74, 6) is -0.847. The van der Waals surface area contributed by atoms with Gasteiger partial charge in [-0.3, -0.25) is 9.59 Å². The van der Waals surface area contributed by atoms with Gasteiger partial charge in [0.25, 0.3) is 0 Å².